The Balaban J connectivity index is 2.38. The summed E-state index contributed by atoms with van der Waals surface area (Å²) in [5, 5.41) is 0. The van der Waals surface area contributed by atoms with E-state index in [0.717, 1.165) is 32.5 Å². The van der Waals surface area contributed by atoms with Crippen molar-refractivity contribution < 1.29 is 0 Å². The van der Waals surface area contributed by atoms with Gasteiger partial charge in [0.1, 0.15) is 0 Å². The predicted octanol–water partition coefficient (Wildman–Crippen LogP) is 2.74. The molecule has 2 N–H and O–H groups in total. The lowest BCUT2D eigenvalue weighted by Gasteiger charge is -2.16. The maximum absolute atomic E-state index is 5.51. The lowest BCUT2D eigenvalue weighted by molar-refractivity contribution is 0.336. The van der Waals surface area contributed by atoms with Crippen molar-refractivity contribution in [2.24, 2.45) is 11.1 Å². The van der Waals surface area contributed by atoms with E-state index in [1.54, 1.807) is 0 Å². The summed E-state index contributed by atoms with van der Waals surface area (Å²) in [7, 11) is 2.16. The molecular formula is C15H26N2. The highest BCUT2D eigenvalue weighted by atomic mass is 15.1. The predicted molar refractivity (Wildman–Crippen MR) is 75.9 cm³/mol. The van der Waals surface area contributed by atoms with Crippen molar-refractivity contribution in [2.75, 3.05) is 26.7 Å². The van der Waals surface area contributed by atoms with Crippen LogP contribution in [0.5, 0.6) is 0 Å². The number of hydrogen-bond donors (Lipinski definition) is 1. The van der Waals surface area contributed by atoms with E-state index in [1.807, 2.05) is 0 Å². The number of rotatable bonds is 6. The maximum atomic E-state index is 5.51. The number of nitrogens with two attached hydrogens (primary N) is 1. The second-order valence-corrected chi connectivity index (χ2v) is 5.45. The summed E-state index contributed by atoms with van der Waals surface area (Å²) in [5.74, 6) is 0. The average molecular weight is 234 g/mol. The van der Waals surface area contributed by atoms with E-state index in [1.165, 1.54) is 5.57 Å². The molecule has 0 spiro atoms. The molecule has 0 heterocycles. The summed E-state index contributed by atoms with van der Waals surface area (Å²) in [4.78, 5) is 2.35. The van der Waals surface area contributed by atoms with E-state index in [2.05, 4.69) is 56.2 Å². The van der Waals surface area contributed by atoms with Gasteiger partial charge >= 0.3 is 0 Å². The Morgan fingerprint density at radius 2 is 2.00 bits per heavy atom. The van der Waals surface area contributed by atoms with Crippen molar-refractivity contribution in [3.05, 3.63) is 36.0 Å². The van der Waals surface area contributed by atoms with Crippen LogP contribution < -0.4 is 5.73 Å². The van der Waals surface area contributed by atoms with E-state index < -0.39 is 0 Å². The van der Waals surface area contributed by atoms with Gasteiger partial charge in [-0.3, -0.25) is 0 Å². The molecule has 0 aromatic carbocycles. The molecule has 2 nitrogen and oxygen atoms in total. The first-order valence-electron chi connectivity index (χ1n) is 6.50. The van der Waals surface area contributed by atoms with Crippen LogP contribution in [0.1, 0.15) is 26.7 Å². The molecule has 1 rings (SSSR count). The van der Waals surface area contributed by atoms with Gasteiger partial charge < -0.3 is 10.6 Å². The van der Waals surface area contributed by atoms with Crippen LogP contribution in [0.15, 0.2) is 36.0 Å². The zero-order chi connectivity index (χ0) is 12.7. The summed E-state index contributed by atoms with van der Waals surface area (Å²) in [6, 6.07) is 0. The normalized spacial score (nSPS) is 18.3. The Morgan fingerprint density at radius 3 is 2.71 bits per heavy atom. The van der Waals surface area contributed by atoms with Gasteiger partial charge in [0.2, 0.25) is 0 Å². The smallest absolute Gasteiger partial charge is 0.00188 e. The second kappa shape index (κ2) is 6.77. The molecule has 0 fully saturated rings. The minimum Gasteiger partial charge on any atom is -0.330 e. The monoisotopic (exact) mass is 234 g/mol. The van der Waals surface area contributed by atoms with E-state index >= 15 is 0 Å². The van der Waals surface area contributed by atoms with Crippen LogP contribution in [0.4, 0.5) is 0 Å². The Labute approximate surface area is 106 Å². The molecule has 0 unspecified atom stereocenters. The van der Waals surface area contributed by atoms with Crippen molar-refractivity contribution in [1.29, 1.82) is 0 Å². The Bertz CT molecular complexity index is 311. The van der Waals surface area contributed by atoms with Gasteiger partial charge in [0.25, 0.3) is 0 Å². The van der Waals surface area contributed by atoms with E-state index in [-0.39, 0.29) is 5.41 Å². The van der Waals surface area contributed by atoms with E-state index in [9.17, 15) is 0 Å². The van der Waals surface area contributed by atoms with Crippen molar-refractivity contribution in [3.63, 3.8) is 0 Å². The third kappa shape index (κ3) is 5.85. The second-order valence-electron chi connectivity index (χ2n) is 5.45. The van der Waals surface area contributed by atoms with Gasteiger partial charge in [0.05, 0.1) is 0 Å². The highest BCUT2D eigenvalue weighted by Crippen LogP contribution is 2.23. The van der Waals surface area contributed by atoms with Crippen molar-refractivity contribution >= 4 is 0 Å². The number of nitrogens with zero attached hydrogens (tertiary/aromatic N) is 1. The molecule has 0 bridgehead atoms. The van der Waals surface area contributed by atoms with Crippen molar-refractivity contribution in [2.45, 2.75) is 26.7 Å². The van der Waals surface area contributed by atoms with Crippen LogP contribution in [0.2, 0.25) is 0 Å². The Kier molecular flexibility index (Phi) is 5.66. The molecule has 0 aliphatic heterocycles. The molecule has 96 valence electrons. The fourth-order valence-corrected chi connectivity index (χ4v) is 1.81. The highest BCUT2D eigenvalue weighted by molar-refractivity contribution is 5.30. The first-order chi connectivity index (χ1) is 8.03. The molecule has 0 aromatic rings. The minimum atomic E-state index is 0.184. The van der Waals surface area contributed by atoms with Crippen molar-refractivity contribution in [3.8, 4) is 0 Å². The first-order valence-corrected chi connectivity index (χ1v) is 6.50. The SMILES string of the molecule is CN(CCCN)CCC1=CC=CC(C)(C)C=C1. The molecule has 2 heteroatoms. The van der Waals surface area contributed by atoms with Crippen LogP contribution in [-0.4, -0.2) is 31.6 Å². The van der Waals surface area contributed by atoms with E-state index in [0.29, 0.717) is 0 Å². The third-order valence-corrected chi connectivity index (χ3v) is 3.09. The van der Waals surface area contributed by atoms with Gasteiger partial charge in [-0.25, -0.2) is 0 Å². The molecule has 0 saturated heterocycles. The third-order valence-electron chi connectivity index (χ3n) is 3.09. The molecule has 0 atom stereocenters. The van der Waals surface area contributed by atoms with Gasteiger partial charge in [-0.15, -0.1) is 0 Å². The quantitative estimate of drug-likeness (QED) is 0.765. The van der Waals surface area contributed by atoms with Crippen molar-refractivity contribution in [1.82, 2.24) is 4.90 Å². The summed E-state index contributed by atoms with van der Waals surface area (Å²) < 4.78 is 0. The van der Waals surface area contributed by atoms with E-state index in [4.69, 9.17) is 5.73 Å². The minimum absolute atomic E-state index is 0.184. The standard InChI is InChI=1S/C15H26N2/c1-15(2)9-4-6-14(7-10-15)8-13-17(3)12-5-11-16/h4,6-7,9-10H,5,8,11-13,16H2,1-3H3. The largest absolute Gasteiger partial charge is 0.330 e. The van der Waals surface area contributed by atoms with Crippen LogP contribution >= 0.6 is 0 Å². The van der Waals surface area contributed by atoms with Gasteiger partial charge in [-0.1, -0.05) is 44.2 Å². The summed E-state index contributed by atoms with van der Waals surface area (Å²) >= 11 is 0. The Hall–Kier alpha value is -0.860. The average Bonchev–Trinajstić information content (AvgIpc) is 2.45. The maximum Gasteiger partial charge on any atom is 0.00188 e. The van der Waals surface area contributed by atoms with Crippen LogP contribution in [0, 0.1) is 5.41 Å². The molecule has 0 aromatic heterocycles. The molecule has 0 saturated carbocycles. The van der Waals surface area contributed by atoms with Crippen LogP contribution in [-0.2, 0) is 0 Å². The molecule has 0 amide bonds. The lowest BCUT2D eigenvalue weighted by Crippen LogP contribution is -2.23. The Morgan fingerprint density at radius 1 is 1.24 bits per heavy atom. The van der Waals surface area contributed by atoms with Gasteiger partial charge in [-0.2, -0.15) is 0 Å². The van der Waals surface area contributed by atoms with Gasteiger partial charge in [0, 0.05) is 12.0 Å². The number of allylic oxidation sites excluding steroid dienone is 5. The fourth-order valence-electron chi connectivity index (χ4n) is 1.81. The zero-order valence-corrected chi connectivity index (χ0v) is 11.4. The van der Waals surface area contributed by atoms with Crippen LogP contribution in [0.25, 0.3) is 0 Å². The topological polar surface area (TPSA) is 29.3 Å². The van der Waals surface area contributed by atoms with Crippen LogP contribution in [0.3, 0.4) is 0 Å². The van der Waals surface area contributed by atoms with Gasteiger partial charge in [0.15, 0.2) is 0 Å². The van der Waals surface area contributed by atoms with Gasteiger partial charge in [-0.05, 0) is 38.6 Å². The lowest BCUT2D eigenvalue weighted by atomic mass is 9.93. The number of hydrogen-bond acceptors (Lipinski definition) is 2. The summed E-state index contributed by atoms with van der Waals surface area (Å²) in [6.07, 6.45) is 13.4. The molecule has 1 aliphatic rings. The highest BCUT2D eigenvalue weighted by Gasteiger charge is 2.10. The fraction of sp³-hybridized carbons (Fsp3) is 0.600. The molecule has 1 aliphatic carbocycles. The molecular weight excluding hydrogens is 208 g/mol. The zero-order valence-electron chi connectivity index (χ0n) is 11.4. The molecule has 0 radical (unpaired) electrons. The first kappa shape index (κ1) is 14.2. The summed E-state index contributed by atoms with van der Waals surface area (Å²) in [5.41, 5.74) is 7.10. The summed E-state index contributed by atoms with van der Waals surface area (Å²) in [6.45, 7) is 7.43. The molecule has 17 heavy (non-hydrogen) atoms.